The molecule has 0 saturated carbocycles. The zero-order chi connectivity index (χ0) is 11.4. The molecule has 16 heavy (non-hydrogen) atoms. The average molecular weight is 238 g/mol. The average Bonchev–Trinajstić information content (AvgIpc) is 2.91. The fraction of sp³-hybridized carbons (Fsp3) is 0.364. The van der Waals surface area contributed by atoms with Crippen LogP contribution in [0.25, 0.3) is 0 Å². The van der Waals surface area contributed by atoms with Crippen LogP contribution in [0, 0.1) is 6.92 Å². The lowest BCUT2D eigenvalue weighted by Crippen LogP contribution is -2.23. The first-order chi connectivity index (χ1) is 7.79. The van der Waals surface area contributed by atoms with E-state index in [0.29, 0.717) is 6.54 Å². The van der Waals surface area contributed by atoms with Crippen LogP contribution in [0.2, 0.25) is 0 Å². The fourth-order valence-electron chi connectivity index (χ4n) is 1.44. The standard InChI is InChI=1S/C11H14N2O2S/c1-8-7-16-11(13-8)5-12-9(6-14)10-3-2-4-15-10/h2-4,7,9,12,14H,5-6H2,1H3. The molecule has 0 amide bonds. The second kappa shape index (κ2) is 5.25. The van der Waals surface area contributed by atoms with Crippen LogP contribution in [0.3, 0.4) is 0 Å². The largest absolute Gasteiger partial charge is 0.468 e. The zero-order valence-electron chi connectivity index (χ0n) is 9.01. The molecule has 1 atom stereocenters. The Morgan fingerprint density at radius 2 is 2.50 bits per heavy atom. The van der Waals surface area contributed by atoms with E-state index in [1.54, 1.807) is 17.6 Å². The van der Waals surface area contributed by atoms with Gasteiger partial charge < -0.3 is 9.52 Å². The summed E-state index contributed by atoms with van der Waals surface area (Å²) < 4.78 is 5.24. The van der Waals surface area contributed by atoms with Crippen molar-refractivity contribution in [2.24, 2.45) is 0 Å². The van der Waals surface area contributed by atoms with Crippen molar-refractivity contribution in [2.45, 2.75) is 19.5 Å². The third-order valence-corrected chi connectivity index (χ3v) is 3.20. The van der Waals surface area contributed by atoms with E-state index in [1.807, 2.05) is 24.4 Å². The molecule has 5 heteroatoms. The highest BCUT2D eigenvalue weighted by atomic mass is 32.1. The number of nitrogens with one attached hydrogen (secondary N) is 1. The van der Waals surface area contributed by atoms with Crippen LogP contribution < -0.4 is 5.32 Å². The Bertz CT molecular complexity index is 425. The molecule has 0 radical (unpaired) electrons. The van der Waals surface area contributed by atoms with Crippen LogP contribution in [0.15, 0.2) is 28.2 Å². The maximum absolute atomic E-state index is 9.24. The number of hydrogen-bond donors (Lipinski definition) is 2. The molecule has 0 spiro atoms. The molecule has 0 bridgehead atoms. The number of thiazole rings is 1. The van der Waals surface area contributed by atoms with Crippen molar-refractivity contribution in [3.05, 3.63) is 40.2 Å². The summed E-state index contributed by atoms with van der Waals surface area (Å²) in [5.74, 6) is 0.746. The van der Waals surface area contributed by atoms with Crippen LogP contribution in [-0.2, 0) is 6.54 Å². The highest BCUT2D eigenvalue weighted by Crippen LogP contribution is 2.15. The first kappa shape index (κ1) is 11.3. The number of hydrogen-bond acceptors (Lipinski definition) is 5. The van der Waals surface area contributed by atoms with E-state index in [9.17, 15) is 5.11 Å². The Kier molecular flexibility index (Phi) is 3.71. The smallest absolute Gasteiger partial charge is 0.123 e. The molecule has 0 aliphatic rings. The number of rotatable bonds is 5. The normalized spacial score (nSPS) is 12.9. The van der Waals surface area contributed by atoms with Gasteiger partial charge in [0.25, 0.3) is 0 Å². The summed E-state index contributed by atoms with van der Waals surface area (Å²) in [4.78, 5) is 4.34. The Balaban J connectivity index is 1.93. The topological polar surface area (TPSA) is 58.3 Å². The number of aliphatic hydroxyl groups is 1. The summed E-state index contributed by atoms with van der Waals surface area (Å²) in [5.41, 5.74) is 1.03. The van der Waals surface area contributed by atoms with E-state index < -0.39 is 0 Å². The van der Waals surface area contributed by atoms with Gasteiger partial charge in [-0.05, 0) is 19.1 Å². The molecule has 0 aliphatic heterocycles. The van der Waals surface area contributed by atoms with Gasteiger partial charge in [0.05, 0.1) is 18.9 Å². The summed E-state index contributed by atoms with van der Waals surface area (Å²) in [6.45, 7) is 2.62. The lowest BCUT2D eigenvalue weighted by atomic mass is 10.2. The molecule has 0 fully saturated rings. The molecule has 2 rings (SSSR count). The van der Waals surface area contributed by atoms with Gasteiger partial charge in [0.15, 0.2) is 0 Å². The molecule has 1 unspecified atom stereocenters. The van der Waals surface area contributed by atoms with Crippen molar-refractivity contribution < 1.29 is 9.52 Å². The molecule has 0 aliphatic carbocycles. The zero-order valence-corrected chi connectivity index (χ0v) is 9.83. The Morgan fingerprint density at radius 1 is 1.62 bits per heavy atom. The molecule has 86 valence electrons. The van der Waals surface area contributed by atoms with Gasteiger partial charge in [-0.2, -0.15) is 0 Å². The summed E-state index contributed by atoms with van der Waals surface area (Å²) in [6, 6.07) is 3.49. The van der Waals surface area contributed by atoms with E-state index in [-0.39, 0.29) is 12.6 Å². The molecule has 2 N–H and O–H groups in total. The van der Waals surface area contributed by atoms with Crippen LogP contribution in [0.5, 0.6) is 0 Å². The fourth-order valence-corrected chi connectivity index (χ4v) is 2.16. The minimum atomic E-state index is -0.167. The van der Waals surface area contributed by atoms with Gasteiger partial charge in [-0.3, -0.25) is 5.32 Å². The minimum absolute atomic E-state index is 0.0118. The van der Waals surface area contributed by atoms with E-state index in [0.717, 1.165) is 16.5 Å². The lowest BCUT2D eigenvalue weighted by Gasteiger charge is -2.12. The van der Waals surface area contributed by atoms with Crippen LogP contribution in [0.4, 0.5) is 0 Å². The van der Waals surface area contributed by atoms with Gasteiger partial charge in [0.2, 0.25) is 0 Å². The molecular weight excluding hydrogens is 224 g/mol. The Morgan fingerprint density at radius 3 is 3.06 bits per heavy atom. The minimum Gasteiger partial charge on any atom is -0.468 e. The van der Waals surface area contributed by atoms with Gasteiger partial charge >= 0.3 is 0 Å². The summed E-state index contributed by atoms with van der Waals surface area (Å²) in [7, 11) is 0. The van der Waals surface area contributed by atoms with Gasteiger partial charge in [-0.1, -0.05) is 0 Å². The summed E-state index contributed by atoms with van der Waals surface area (Å²) >= 11 is 1.61. The maximum Gasteiger partial charge on any atom is 0.123 e. The van der Waals surface area contributed by atoms with Crippen molar-refractivity contribution in [1.29, 1.82) is 0 Å². The quantitative estimate of drug-likeness (QED) is 0.835. The first-order valence-corrected chi connectivity index (χ1v) is 5.96. The van der Waals surface area contributed by atoms with E-state index in [4.69, 9.17) is 4.42 Å². The van der Waals surface area contributed by atoms with Crippen LogP contribution in [-0.4, -0.2) is 16.7 Å². The van der Waals surface area contributed by atoms with Crippen LogP contribution in [0.1, 0.15) is 22.5 Å². The van der Waals surface area contributed by atoms with Gasteiger partial charge in [-0.25, -0.2) is 4.98 Å². The molecule has 2 aromatic heterocycles. The van der Waals surface area contributed by atoms with Crippen molar-refractivity contribution in [3.8, 4) is 0 Å². The predicted molar refractivity (Wildman–Crippen MR) is 62.2 cm³/mol. The highest BCUT2D eigenvalue weighted by molar-refractivity contribution is 7.09. The third kappa shape index (κ3) is 2.69. The maximum atomic E-state index is 9.24. The molecule has 0 aromatic carbocycles. The summed E-state index contributed by atoms with van der Waals surface area (Å²) in [5, 5.41) is 15.5. The molecule has 4 nitrogen and oxygen atoms in total. The molecule has 2 aromatic rings. The van der Waals surface area contributed by atoms with Crippen molar-refractivity contribution in [1.82, 2.24) is 10.3 Å². The second-order valence-electron chi connectivity index (χ2n) is 3.51. The molecule has 2 heterocycles. The molecular formula is C11H14N2O2S. The number of nitrogens with zero attached hydrogens (tertiary/aromatic N) is 1. The highest BCUT2D eigenvalue weighted by Gasteiger charge is 2.12. The van der Waals surface area contributed by atoms with Gasteiger partial charge in [-0.15, -0.1) is 11.3 Å². The number of aryl methyl sites for hydroxylation is 1. The van der Waals surface area contributed by atoms with E-state index in [1.165, 1.54) is 0 Å². The number of aromatic nitrogens is 1. The third-order valence-electron chi connectivity index (χ3n) is 2.24. The predicted octanol–water partition coefficient (Wildman–Crippen LogP) is 1.87. The monoisotopic (exact) mass is 238 g/mol. The SMILES string of the molecule is Cc1csc(CNC(CO)c2ccco2)n1. The van der Waals surface area contributed by atoms with Gasteiger partial charge in [0, 0.05) is 17.6 Å². The van der Waals surface area contributed by atoms with Crippen LogP contribution >= 0.6 is 11.3 Å². The summed E-state index contributed by atoms with van der Waals surface area (Å²) in [6.07, 6.45) is 1.60. The Labute approximate surface area is 97.9 Å². The Hall–Kier alpha value is -1.17. The molecule has 0 saturated heterocycles. The van der Waals surface area contributed by atoms with Gasteiger partial charge in [0.1, 0.15) is 10.8 Å². The lowest BCUT2D eigenvalue weighted by molar-refractivity contribution is 0.225. The van der Waals surface area contributed by atoms with E-state index >= 15 is 0 Å². The van der Waals surface area contributed by atoms with Crippen molar-refractivity contribution >= 4 is 11.3 Å². The second-order valence-corrected chi connectivity index (χ2v) is 4.46. The number of aliphatic hydroxyl groups excluding tert-OH is 1. The number of furan rings is 1. The first-order valence-electron chi connectivity index (χ1n) is 5.08. The van der Waals surface area contributed by atoms with Crippen molar-refractivity contribution in [2.75, 3.05) is 6.61 Å². The van der Waals surface area contributed by atoms with E-state index in [2.05, 4.69) is 10.3 Å². The van der Waals surface area contributed by atoms with Crippen molar-refractivity contribution in [3.63, 3.8) is 0 Å².